The molecule has 3 unspecified atom stereocenters. The van der Waals surface area contributed by atoms with E-state index in [9.17, 15) is 8.42 Å². The first kappa shape index (κ1) is 10.4. The van der Waals surface area contributed by atoms with Crippen molar-refractivity contribution in [2.45, 2.75) is 32.2 Å². The Morgan fingerprint density at radius 2 is 2.14 bits per heavy atom. The average Bonchev–Trinajstić information content (AvgIpc) is 2.77. The number of hydrogen-bond acceptors (Lipinski definition) is 3. The van der Waals surface area contributed by atoms with Crippen molar-refractivity contribution in [1.29, 1.82) is 0 Å². The highest BCUT2D eigenvalue weighted by molar-refractivity contribution is 7.91. The van der Waals surface area contributed by atoms with Gasteiger partial charge in [0, 0.05) is 6.04 Å². The summed E-state index contributed by atoms with van der Waals surface area (Å²) in [4.78, 5) is 0. The molecule has 2 fully saturated rings. The lowest BCUT2D eigenvalue weighted by molar-refractivity contribution is 0.466. The second-order valence-electron chi connectivity index (χ2n) is 4.83. The van der Waals surface area contributed by atoms with E-state index >= 15 is 0 Å². The van der Waals surface area contributed by atoms with Gasteiger partial charge in [-0.05, 0) is 37.6 Å². The lowest BCUT2D eigenvalue weighted by Gasteiger charge is -2.23. The van der Waals surface area contributed by atoms with Crippen molar-refractivity contribution in [3.8, 4) is 0 Å². The summed E-state index contributed by atoms with van der Waals surface area (Å²) in [5, 5.41) is 3.39. The van der Waals surface area contributed by atoms with E-state index in [1.54, 1.807) is 0 Å². The molecule has 14 heavy (non-hydrogen) atoms. The number of nitrogens with one attached hydrogen (secondary N) is 1. The highest BCUT2D eigenvalue weighted by atomic mass is 32.2. The number of hydrogen-bond donors (Lipinski definition) is 1. The fourth-order valence-electron chi connectivity index (χ4n) is 2.19. The molecule has 1 saturated carbocycles. The Hall–Kier alpha value is -0.0900. The summed E-state index contributed by atoms with van der Waals surface area (Å²) in [5.41, 5.74) is 0. The van der Waals surface area contributed by atoms with Crippen LogP contribution in [0.1, 0.15) is 26.2 Å². The van der Waals surface area contributed by atoms with Gasteiger partial charge in [0.25, 0.3) is 0 Å². The summed E-state index contributed by atoms with van der Waals surface area (Å²) in [6.07, 6.45) is 3.17. The van der Waals surface area contributed by atoms with Gasteiger partial charge in [-0.2, -0.15) is 0 Å². The molecule has 0 aromatic carbocycles. The molecule has 0 aromatic heterocycles. The lowest BCUT2D eigenvalue weighted by Crippen LogP contribution is -2.41. The molecule has 1 N–H and O–H groups in total. The first-order chi connectivity index (χ1) is 6.57. The largest absolute Gasteiger partial charge is 0.313 e. The van der Waals surface area contributed by atoms with E-state index in [0.717, 1.165) is 31.2 Å². The third-order valence-electron chi connectivity index (χ3n) is 3.41. The van der Waals surface area contributed by atoms with Crippen molar-refractivity contribution in [1.82, 2.24) is 5.32 Å². The second kappa shape index (κ2) is 3.81. The van der Waals surface area contributed by atoms with Crippen LogP contribution in [0, 0.1) is 11.8 Å². The van der Waals surface area contributed by atoms with E-state index in [0.29, 0.717) is 11.5 Å². The molecule has 3 nitrogen and oxygen atoms in total. The van der Waals surface area contributed by atoms with Crippen molar-refractivity contribution >= 4 is 9.84 Å². The molecule has 0 spiro atoms. The third-order valence-corrected chi connectivity index (χ3v) is 5.23. The minimum atomic E-state index is -2.74. The van der Waals surface area contributed by atoms with Gasteiger partial charge in [0.05, 0.1) is 11.5 Å². The van der Waals surface area contributed by atoms with Crippen LogP contribution in [-0.4, -0.2) is 32.5 Å². The molecule has 0 radical (unpaired) electrons. The molecule has 0 amide bonds. The second-order valence-corrected chi connectivity index (χ2v) is 7.06. The molecule has 82 valence electrons. The Kier molecular flexibility index (Phi) is 2.84. The van der Waals surface area contributed by atoms with Gasteiger partial charge in [0.2, 0.25) is 0 Å². The van der Waals surface area contributed by atoms with Crippen LogP contribution in [-0.2, 0) is 9.84 Å². The maximum Gasteiger partial charge on any atom is 0.151 e. The molecule has 0 aromatic rings. The lowest BCUT2D eigenvalue weighted by atomic mass is 10.2. The fourth-order valence-corrected chi connectivity index (χ4v) is 3.86. The summed E-state index contributed by atoms with van der Waals surface area (Å²) in [6, 6.07) is 0.224. The van der Waals surface area contributed by atoms with Crippen LogP contribution in [0.3, 0.4) is 0 Å². The zero-order valence-corrected chi connectivity index (χ0v) is 9.52. The summed E-state index contributed by atoms with van der Waals surface area (Å²) < 4.78 is 22.7. The van der Waals surface area contributed by atoms with E-state index in [1.165, 1.54) is 6.42 Å². The Balaban J connectivity index is 1.75. The molecule has 4 heteroatoms. The molecule has 1 aliphatic carbocycles. The van der Waals surface area contributed by atoms with Gasteiger partial charge in [-0.3, -0.25) is 0 Å². The SMILES string of the molecule is CC1CC1CNC1CCCS(=O)(=O)C1. The highest BCUT2D eigenvalue weighted by Gasteiger charge is 2.33. The Morgan fingerprint density at radius 1 is 1.43 bits per heavy atom. The number of rotatable bonds is 3. The van der Waals surface area contributed by atoms with Gasteiger partial charge >= 0.3 is 0 Å². The highest BCUT2D eigenvalue weighted by Crippen LogP contribution is 2.36. The normalized spacial score (nSPS) is 40.8. The van der Waals surface area contributed by atoms with Gasteiger partial charge in [-0.1, -0.05) is 6.92 Å². The molecule has 2 aliphatic rings. The molecule has 1 saturated heterocycles. The predicted octanol–water partition coefficient (Wildman–Crippen LogP) is 0.809. The molecule has 2 rings (SSSR count). The van der Waals surface area contributed by atoms with Gasteiger partial charge in [-0.15, -0.1) is 0 Å². The first-order valence-corrected chi connectivity index (χ1v) is 7.33. The summed E-state index contributed by atoms with van der Waals surface area (Å²) >= 11 is 0. The molecule has 0 bridgehead atoms. The van der Waals surface area contributed by atoms with Crippen molar-refractivity contribution in [2.75, 3.05) is 18.1 Å². The minimum absolute atomic E-state index is 0.224. The fraction of sp³-hybridized carbons (Fsp3) is 1.00. The summed E-state index contributed by atoms with van der Waals surface area (Å²) in [6.45, 7) is 3.27. The van der Waals surface area contributed by atoms with E-state index in [4.69, 9.17) is 0 Å². The Labute approximate surface area is 86.2 Å². The zero-order valence-electron chi connectivity index (χ0n) is 8.70. The van der Waals surface area contributed by atoms with Crippen LogP contribution >= 0.6 is 0 Å². The van der Waals surface area contributed by atoms with Crippen LogP contribution in [0.25, 0.3) is 0 Å². The van der Waals surface area contributed by atoms with Crippen molar-refractivity contribution in [3.05, 3.63) is 0 Å². The van der Waals surface area contributed by atoms with Gasteiger partial charge in [0.15, 0.2) is 9.84 Å². The summed E-state index contributed by atoms with van der Waals surface area (Å²) in [5.74, 6) is 2.40. The zero-order chi connectivity index (χ0) is 10.2. The van der Waals surface area contributed by atoms with Gasteiger partial charge in [0.1, 0.15) is 0 Å². The van der Waals surface area contributed by atoms with Crippen LogP contribution in [0.2, 0.25) is 0 Å². The van der Waals surface area contributed by atoms with Crippen molar-refractivity contribution < 1.29 is 8.42 Å². The monoisotopic (exact) mass is 217 g/mol. The molecule has 3 atom stereocenters. The predicted molar refractivity (Wildman–Crippen MR) is 56.9 cm³/mol. The molecule has 1 heterocycles. The van der Waals surface area contributed by atoms with Gasteiger partial charge < -0.3 is 5.32 Å². The molecular weight excluding hydrogens is 198 g/mol. The minimum Gasteiger partial charge on any atom is -0.313 e. The van der Waals surface area contributed by atoms with Crippen molar-refractivity contribution in [3.63, 3.8) is 0 Å². The van der Waals surface area contributed by atoms with Gasteiger partial charge in [-0.25, -0.2) is 8.42 Å². The third kappa shape index (κ3) is 2.70. The maximum atomic E-state index is 11.3. The molecular formula is C10H19NO2S. The van der Waals surface area contributed by atoms with E-state index in [-0.39, 0.29) is 6.04 Å². The van der Waals surface area contributed by atoms with Crippen LogP contribution in [0.5, 0.6) is 0 Å². The van der Waals surface area contributed by atoms with Crippen LogP contribution in [0.15, 0.2) is 0 Å². The van der Waals surface area contributed by atoms with Crippen LogP contribution < -0.4 is 5.32 Å². The van der Waals surface area contributed by atoms with E-state index < -0.39 is 9.84 Å². The van der Waals surface area contributed by atoms with Crippen molar-refractivity contribution in [2.24, 2.45) is 11.8 Å². The van der Waals surface area contributed by atoms with Crippen LogP contribution in [0.4, 0.5) is 0 Å². The first-order valence-electron chi connectivity index (χ1n) is 5.50. The standard InChI is InChI=1S/C10H19NO2S/c1-8-5-9(8)6-11-10-3-2-4-14(12,13)7-10/h8-11H,2-7H2,1H3. The topological polar surface area (TPSA) is 46.2 Å². The summed E-state index contributed by atoms with van der Waals surface area (Å²) in [7, 11) is -2.74. The Bertz CT molecular complexity index is 299. The average molecular weight is 217 g/mol. The Morgan fingerprint density at radius 3 is 2.71 bits per heavy atom. The van der Waals surface area contributed by atoms with E-state index in [1.807, 2.05) is 0 Å². The smallest absolute Gasteiger partial charge is 0.151 e. The van der Waals surface area contributed by atoms with E-state index in [2.05, 4.69) is 12.2 Å². The quantitative estimate of drug-likeness (QED) is 0.761. The maximum absolute atomic E-state index is 11.3. The number of sulfone groups is 1. The molecule has 1 aliphatic heterocycles.